The van der Waals surface area contributed by atoms with Crippen LogP contribution in [-0.4, -0.2) is 21.4 Å². The van der Waals surface area contributed by atoms with E-state index in [1.807, 2.05) is 51.1 Å². The Morgan fingerprint density at radius 3 is 2.55 bits per heavy atom. The fourth-order valence-electron chi connectivity index (χ4n) is 2.28. The maximum atomic E-state index is 10.2. The topological polar surface area (TPSA) is 87.3 Å². The second-order valence-corrected chi connectivity index (χ2v) is 4.71. The van der Waals surface area contributed by atoms with Gasteiger partial charge in [-0.3, -0.25) is 0 Å². The van der Waals surface area contributed by atoms with E-state index < -0.39 is 6.35 Å². The molecule has 0 amide bonds. The summed E-state index contributed by atoms with van der Waals surface area (Å²) in [7, 11) is 0. The number of aromatic nitrogens is 2. The molecular formula is C16H23N5O. The highest BCUT2D eigenvalue weighted by atomic mass is 16.3. The number of nitrogens with two attached hydrogens (primary N) is 1. The number of benzene rings is 1. The van der Waals surface area contributed by atoms with E-state index >= 15 is 0 Å². The summed E-state index contributed by atoms with van der Waals surface area (Å²) in [5.74, 6) is 1.71. The van der Waals surface area contributed by atoms with Gasteiger partial charge < -0.3 is 21.1 Å². The highest BCUT2D eigenvalue weighted by Gasteiger charge is 2.31. The van der Waals surface area contributed by atoms with E-state index in [9.17, 15) is 5.11 Å². The number of hydrogen-bond donors (Lipinski definition) is 3. The van der Waals surface area contributed by atoms with Gasteiger partial charge in [0.25, 0.3) is 0 Å². The van der Waals surface area contributed by atoms with Gasteiger partial charge in [-0.2, -0.15) is 0 Å². The second-order valence-electron chi connectivity index (χ2n) is 4.71. The number of anilines is 3. The van der Waals surface area contributed by atoms with Gasteiger partial charge in [-0.25, -0.2) is 9.97 Å². The fraction of sp³-hybridized carbons (Fsp3) is 0.375. The van der Waals surface area contributed by atoms with Gasteiger partial charge in [0.15, 0.2) is 11.6 Å². The Labute approximate surface area is 131 Å². The van der Waals surface area contributed by atoms with Crippen molar-refractivity contribution in [1.82, 2.24) is 9.97 Å². The highest BCUT2D eigenvalue weighted by Crippen LogP contribution is 2.36. The van der Waals surface area contributed by atoms with Crippen molar-refractivity contribution in [3.05, 3.63) is 41.7 Å². The first-order valence-corrected chi connectivity index (χ1v) is 7.60. The normalized spacial score (nSPS) is 15.6. The third-order valence-electron chi connectivity index (χ3n) is 3.32. The third-order valence-corrected chi connectivity index (χ3v) is 3.32. The minimum absolute atomic E-state index is 0.376. The average molecular weight is 301 g/mol. The van der Waals surface area contributed by atoms with Crippen LogP contribution in [0.3, 0.4) is 0 Å². The van der Waals surface area contributed by atoms with E-state index in [1.165, 1.54) is 0 Å². The zero-order valence-corrected chi connectivity index (χ0v) is 13.2. The van der Waals surface area contributed by atoms with Crippen LogP contribution in [0.25, 0.3) is 0 Å². The molecule has 1 atom stereocenters. The molecule has 0 bridgehead atoms. The van der Waals surface area contributed by atoms with Gasteiger partial charge in [0.2, 0.25) is 6.35 Å². The number of fused-ring (bicyclic) bond motifs is 1. The molecule has 3 rings (SSSR count). The molecule has 1 aliphatic rings. The molecule has 2 heterocycles. The lowest BCUT2D eigenvalue weighted by molar-refractivity contribution is 0.201. The van der Waals surface area contributed by atoms with Gasteiger partial charge in [0, 0.05) is 13.0 Å². The Hall–Kier alpha value is -2.34. The number of aryl methyl sites for hydroxylation is 1. The molecule has 1 aliphatic heterocycles. The van der Waals surface area contributed by atoms with Crippen LogP contribution in [0, 0.1) is 0 Å². The van der Waals surface area contributed by atoms with Gasteiger partial charge >= 0.3 is 0 Å². The summed E-state index contributed by atoms with van der Waals surface area (Å²) in [6, 6.07) is 9.92. The average Bonchev–Trinajstić information content (AvgIpc) is 2.87. The summed E-state index contributed by atoms with van der Waals surface area (Å²) in [5.41, 5.74) is 7.61. The zero-order valence-electron chi connectivity index (χ0n) is 13.2. The Balaban J connectivity index is 0.000000847. The molecule has 1 aromatic heterocycles. The number of nitrogens with zero attached hydrogens (tertiary/aromatic N) is 3. The minimum Gasteiger partial charge on any atom is -0.382 e. The van der Waals surface area contributed by atoms with Crippen LogP contribution < -0.4 is 16.0 Å². The summed E-state index contributed by atoms with van der Waals surface area (Å²) in [6.07, 6.45) is -0.138. The van der Waals surface area contributed by atoms with Gasteiger partial charge in [0.05, 0.1) is 0 Å². The minimum atomic E-state index is -0.839. The predicted molar refractivity (Wildman–Crippen MR) is 89.4 cm³/mol. The van der Waals surface area contributed by atoms with E-state index in [2.05, 4.69) is 15.3 Å². The first-order valence-electron chi connectivity index (χ1n) is 7.60. The van der Waals surface area contributed by atoms with Gasteiger partial charge in [0.1, 0.15) is 11.5 Å². The largest absolute Gasteiger partial charge is 0.382 e. The van der Waals surface area contributed by atoms with Gasteiger partial charge in [-0.1, -0.05) is 51.1 Å². The molecule has 0 radical (unpaired) electrons. The first-order chi connectivity index (χ1) is 10.7. The Kier molecular flexibility index (Phi) is 5.16. The molecule has 22 heavy (non-hydrogen) atoms. The lowest BCUT2D eigenvalue weighted by Crippen LogP contribution is -2.35. The molecule has 0 saturated carbocycles. The number of nitrogen functional groups attached to an aromatic ring is 1. The van der Waals surface area contributed by atoms with Crippen LogP contribution in [0.1, 0.15) is 32.2 Å². The van der Waals surface area contributed by atoms with Crippen molar-refractivity contribution in [1.29, 1.82) is 0 Å². The first kappa shape index (κ1) is 16.0. The van der Waals surface area contributed by atoms with Crippen molar-refractivity contribution in [2.75, 3.05) is 16.0 Å². The van der Waals surface area contributed by atoms with E-state index in [0.29, 0.717) is 36.1 Å². The molecule has 0 fully saturated rings. The van der Waals surface area contributed by atoms with Crippen molar-refractivity contribution in [2.24, 2.45) is 0 Å². The highest BCUT2D eigenvalue weighted by molar-refractivity contribution is 5.80. The Bertz CT molecular complexity index is 617. The van der Waals surface area contributed by atoms with Crippen molar-refractivity contribution < 1.29 is 5.11 Å². The zero-order chi connectivity index (χ0) is 16.1. The standard InChI is InChI=1S/C14H17N5O.C2H6/c1-2-10-16-12(15)11-13(17-10)19(14(20)18-11)8-9-6-4-3-5-7-9;1-2/h3-7,14,18,20H,2,8H2,1H3,(H2,15,16,17);1-2H3. The van der Waals surface area contributed by atoms with Crippen LogP contribution in [0.15, 0.2) is 30.3 Å². The maximum absolute atomic E-state index is 10.2. The molecule has 2 aromatic rings. The summed E-state index contributed by atoms with van der Waals surface area (Å²) in [4.78, 5) is 10.5. The van der Waals surface area contributed by atoms with Crippen molar-refractivity contribution in [2.45, 2.75) is 40.1 Å². The van der Waals surface area contributed by atoms with Crippen LogP contribution in [0.5, 0.6) is 0 Å². The molecule has 6 nitrogen and oxygen atoms in total. The van der Waals surface area contributed by atoms with Crippen LogP contribution in [0.4, 0.5) is 17.3 Å². The molecule has 0 spiro atoms. The molecule has 1 unspecified atom stereocenters. The van der Waals surface area contributed by atoms with Crippen LogP contribution in [0.2, 0.25) is 0 Å². The number of aliphatic hydroxyl groups excluding tert-OH is 1. The van der Waals surface area contributed by atoms with Gasteiger partial charge in [-0.15, -0.1) is 0 Å². The Morgan fingerprint density at radius 2 is 1.91 bits per heavy atom. The predicted octanol–water partition coefficient (Wildman–Crippen LogP) is 2.36. The van der Waals surface area contributed by atoms with E-state index in [1.54, 1.807) is 4.90 Å². The lowest BCUT2D eigenvalue weighted by atomic mass is 10.2. The molecular weight excluding hydrogens is 278 g/mol. The van der Waals surface area contributed by atoms with Crippen molar-refractivity contribution in [3.63, 3.8) is 0 Å². The van der Waals surface area contributed by atoms with Crippen molar-refractivity contribution >= 4 is 17.3 Å². The van der Waals surface area contributed by atoms with E-state index in [4.69, 9.17) is 5.73 Å². The SMILES string of the molecule is CC.CCc1nc(N)c2c(n1)N(Cc1ccccc1)C(O)N2. The van der Waals surface area contributed by atoms with Crippen LogP contribution in [-0.2, 0) is 13.0 Å². The molecule has 0 aliphatic carbocycles. The quantitative estimate of drug-likeness (QED) is 0.806. The van der Waals surface area contributed by atoms with Gasteiger partial charge in [-0.05, 0) is 5.56 Å². The number of rotatable bonds is 3. The Morgan fingerprint density at radius 1 is 1.23 bits per heavy atom. The lowest BCUT2D eigenvalue weighted by Gasteiger charge is -2.21. The smallest absolute Gasteiger partial charge is 0.207 e. The summed E-state index contributed by atoms with van der Waals surface area (Å²) >= 11 is 0. The van der Waals surface area contributed by atoms with E-state index in [-0.39, 0.29) is 0 Å². The summed E-state index contributed by atoms with van der Waals surface area (Å²) < 4.78 is 0. The summed E-state index contributed by atoms with van der Waals surface area (Å²) in [6.45, 7) is 6.53. The molecule has 118 valence electrons. The monoisotopic (exact) mass is 301 g/mol. The summed E-state index contributed by atoms with van der Waals surface area (Å²) in [5, 5.41) is 13.1. The molecule has 4 N–H and O–H groups in total. The van der Waals surface area contributed by atoms with E-state index in [0.717, 1.165) is 5.56 Å². The second kappa shape index (κ2) is 7.09. The molecule has 1 aromatic carbocycles. The number of aliphatic hydroxyl groups is 1. The molecule has 6 heteroatoms. The fourth-order valence-corrected chi connectivity index (χ4v) is 2.28. The molecule has 0 saturated heterocycles. The third kappa shape index (κ3) is 3.12. The maximum Gasteiger partial charge on any atom is 0.207 e. The van der Waals surface area contributed by atoms with Crippen molar-refractivity contribution in [3.8, 4) is 0 Å². The van der Waals surface area contributed by atoms with Crippen LogP contribution >= 0.6 is 0 Å². The number of hydrogen-bond acceptors (Lipinski definition) is 6. The number of nitrogens with one attached hydrogen (secondary N) is 1.